The summed E-state index contributed by atoms with van der Waals surface area (Å²) in [6.07, 6.45) is 3.92. The molecule has 0 atom stereocenters. The summed E-state index contributed by atoms with van der Waals surface area (Å²) in [6.45, 7) is 0.428. The van der Waals surface area contributed by atoms with Crippen LogP contribution in [0.2, 0.25) is 0 Å². The van der Waals surface area contributed by atoms with Crippen molar-refractivity contribution in [2.24, 2.45) is 0 Å². The van der Waals surface area contributed by atoms with E-state index < -0.39 is 0 Å². The van der Waals surface area contributed by atoms with Crippen LogP contribution in [0, 0.1) is 5.82 Å². The van der Waals surface area contributed by atoms with Crippen LogP contribution in [-0.4, -0.2) is 20.5 Å². The number of fused-ring (bicyclic) bond motifs is 1. The molecule has 0 spiro atoms. The van der Waals surface area contributed by atoms with Gasteiger partial charge < -0.3 is 0 Å². The molecule has 1 aliphatic rings. The highest BCUT2D eigenvalue weighted by molar-refractivity contribution is 6.00. The predicted octanol–water partition coefficient (Wildman–Crippen LogP) is 1.59. The number of rotatable bonds is 2. The number of carbonyl (C=O) groups excluding carboxylic acids is 1. The van der Waals surface area contributed by atoms with E-state index >= 15 is 0 Å². The summed E-state index contributed by atoms with van der Waals surface area (Å²) >= 11 is 0. The van der Waals surface area contributed by atoms with Crippen LogP contribution in [0.3, 0.4) is 0 Å². The van der Waals surface area contributed by atoms with E-state index in [0.717, 1.165) is 5.56 Å². The number of hydrogen-bond donors (Lipinski definition) is 0. The van der Waals surface area contributed by atoms with Crippen LogP contribution >= 0.6 is 0 Å². The van der Waals surface area contributed by atoms with Crippen LogP contribution in [0.25, 0.3) is 0 Å². The number of hydrogen-bond acceptors (Lipinski definition) is 3. The lowest BCUT2D eigenvalue weighted by Gasteiger charge is -2.05. The minimum absolute atomic E-state index is 0.0272. The third kappa shape index (κ3) is 1.73. The Morgan fingerprint density at radius 3 is 3.00 bits per heavy atom. The van der Waals surface area contributed by atoms with Gasteiger partial charge >= 0.3 is 0 Å². The first-order valence-corrected chi connectivity index (χ1v) is 5.41. The number of carbonyl (C=O) groups is 1. The average molecular weight is 231 g/mol. The Morgan fingerprint density at radius 2 is 2.24 bits per heavy atom. The summed E-state index contributed by atoms with van der Waals surface area (Å²) in [6, 6.07) is 3.23. The monoisotopic (exact) mass is 231 g/mol. The number of Topliss-reactive ketones (excluding diaryl/α,β-unsaturated/α-hetero) is 1. The summed E-state index contributed by atoms with van der Waals surface area (Å²) < 4.78 is 15.4. The molecule has 0 unspecified atom stereocenters. The van der Waals surface area contributed by atoms with Gasteiger partial charge in [0.25, 0.3) is 0 Å². The Kier molecular flexibility index (Phi) is 2.24. The fourth-order valence-electron chi connectivity index (χ4n) is 2.16. The van der Waals surface area contributed by atoms with Crippen LogP contribution < -0.4 is 0 Å². The minimum atomic E-state index is -0.288. The normalized spacial score (nSPS) is 14.1. The van der Waals surface area contributed by atoms with E-state index in [1.807, 2.05) is 0 Å². The maximum absolute atomic E-state index is 13.8. The number of aromatic nitrogens is 3. The first kappa shape index (κ1) is 10.1. The Morgan fingerprint density at radius 1 is 1.35 bits per heavy atom. The second-order valence-corrected chi connectivity index (χ2v) is 4.12. The van der Waals surface area contributed by atoms with Crippen LogP contribution in [0.1, 0.15) is 27.9 Å². The van der Waals surface area contributed by atoms with Crippen LogP contribution in [-0.2, 0) is 13.0 Å². The summed E-state index contributed by atoms with van der Waals surface area (Å²) in [5.41, 5.74) is 1.82. The molecule has 5 heteroatoms. The number of benzene rings is 1. The summed E-state index contributed by atoms with van der Waals surface area (Å²) in [4.78, 5) is 15.4. The third-order valence-corrected chi connectivity index (χ3v) is 2.97. The maximum atomic E-state index is 13.8. The van der Waals surface area contributed by atoms with E-state index in [4.69, 9.17) is 0 Å². The molecule has 0 aliphatic heterocycles. The summed E-state index contributed by atoms with van der Waals surface area (Å²) in [5.74, 6) is -0.261. The van der Waals surface area contributed by atoms with Crippen molar-refractivity contribution in [1.29, 1.82) is 0 Å². The van der Waals surface area contributed by atoms with Crippen molar-refractivity contribution in [3.05, 3.63) is 47.3 Å². The van der Waals surface area contributed by atoms with E-state index in [1.54, 1.807) is 17.1 Å². The molecule has 0 saturated heterocycles. The lowest BCUT2D eigenvalue weighted by molar-refractivity contribution is 0.0994. The standard InChI is InChI=1S/C12H10FN3O/c13-11-4-8(5-16-7-14-6-15-16)3-10-9(11)1-2-12(10)17/h3-4,6-7H,1-2,5H2. The molecule has 0 bridgehead atoms. The second-order valence-electron chi connectivity index (χ2n) is 4.12. The van der Waals surface area contributed by atoms with Crippen LogP contribution in [0.15, 0.2) is 24.8 Å². The van der Waals surface area contributed by atoms with E-state index in [1.165, 1.54) is 12.4 Å². The van der Waals surface area contributed by atoms with Gasteiger partial charge in [-0.25, -0.2) is 14.1 Å². The summed E-state index contributed by atoms with van der Waals surface area (Å²) in [5, 5.41) is 3.95. The van der Waals surface area contributed by atoms with Crippen molar-refractivity contribution >= 4 is 5.78 Å². The fourth-order valence-corrected chi connectivity index (χ4v) is 2.16. The Bertz CT molecular complexity index is 578. The largest absolute Gasteiger partial charge is 0.294 e. The van der Waals surface area contributed by atoms with E-state index in [2.05, 4.69) is 10.1 Å². The molecule has 0 amide bonds. The maximum Gasteiger partial charge on any atom is 0.163 e. The molecule has 1 aromatic carbocycles. The number of ketones is 1. The first-order chi connectivity index (χ1) is 8.24. The molecule has 1 aromatic heterocycles. The van der Waals surface area contributed by atoms with Crippen molar-refractivity contribution in [2.45, 2.75) is 19.4 Å². The molecule has 0 fully saturated rings. The lowest BCUT2D eigenvalue weighted by Crippen LogP contribution is -2.03. The smallest absolute Gasteiger partial charge is 0.163 e. The van der Waals surface area contributed by atoms with Gasteiger partial charge in [0.05, 0.1) is 6.54 Å². The molecule has 17 heavy (non-hydrogen) atoms. The molecule has 4 nitrogen and oxygen atoms in total. The second kappa shape index (κ2) is 3.76. The van der Waals surface area contributed by atoms with Gasteiger partial charge in [0.2, 0.25) is 0 Å². The third-order valence-electron chi connectivity index (χ3n) is 2.97. The lowest BCUT2D eigenvalue weighted by atomic mass is 10.1. The molecular formula is C12H10FN3O. The predicted molar refractivity (Wildman–Crippen MR) is 58.2 cm³/mol. The molecule has 0 radical (unpaired) electrons. The van der Waals surface area contributed by atoms with Crippen molar-refractivity contribution in [2.75, 3.05) is 0 Å². The van der Waals surface area contributed by atoms with Gasteiger partial charge in [0.1, 0.15) is 18.5 Å². The summed E-state index contributed by atoms with van der Waals surface area (Å²) in [7, 11) is 0. The van der Waals surface area contributed by atoms with Crippen molar-refractivity contribution in [3.8, 4) is 0 Å². The SMILES string of the molecule is O=C1CCc2c(F)cc(Cn3cncn3)cc21. The number of halogens is 1. The van der Waals surface area contributed by atoms with Gasteiger partial charge in [-0.05, 0) is 29.7 Å². The Balaban J connectivity index is 1.99. The topological polar surface area (TPSA) is 47.8 Å². The zero-order valence-electron chi connectivity index (χ0n) is 9.06. The Labute approximate surface area is 97.1 Å². The molecular weight excluding hydrogens is 221 g/mol. The zero-order valence-corrected chi connectivity index (χ0v) is 9.06. The number of nitrogens with zero attached hydrogens (tertiary/aromatic N) is 3. The van der Waals surface area contributed by atoms with Gasteiger partial charge in [0, 0.05) is 12.0 Å². The quantitative estimate of drug-likeness (QED) is 0.788. The van der Waals surface area contributed by atoms with Crippen molar-refractivity contribution in [3.63, 3.8) is 0 Å². The van der Waals surface area contributed by atoms with Crippen LogP contribution in [0.5, 0.6) is 0 Å². The van der Waals surface area contributed by atoms with Gasteiger partial charge in [-0.15, -0.1) is 0 Å². The van der Waals surface area contributed by atoms with E-state index in [0.29, 0.717) is 30.5 Å². The molecule has 1 aliphatic carbocycles. The van der Waals surface area contributed by atoms with Gasteiger partial charge in [-0.2, -0.15) is 5.10 Å². The molecule has 2 aromatic rings. The molecule has 0 saturated carbocycles. The van der Waals surface area contributed by atoms with Gasteiger partial charge in [-0.1, -0.05) is 0 Å². The molecule has 3 rings (SSSR count). The zero-order chi connectivity index (χ0) is 11.8. The highest BCUT2D eigenvalue weighted by atomic mass is 19.1. The molecule has 86 valence electrons. The molecule has 1 heterocycles. The first-order valence-electron chi connectivity index (χ1n) is 5.41. The fraction of sp³-hybridized carbons (Fsp3) is 0.250. The highest BCUT2D eigenvalue weighted by Gasteiger charge is 2.23. The molecule has 0 N–H and O–H groups in total. The van der Waals surface area contributed by atoms with Crippen LogP contribution in [0.4, 0.5) is 4.39 Å². The Hall–Kier alpha value is -2.04. The highest BCUT2D eigenvalue weighted by Crippen LogP contribution is 2.26. The van der Waals surface area contributed by atoms with Gasteiger partial charge in [0.15, 0.2) is 5.78 Å². The minimum Gasteiger partial charge on any atom is -0.294 e. The van der Waals surface area contributed by atoms with Crippen molar-refractivity contribution < 1.29 is 9.18 Å². The van der Waals surface area contributed by atoms with Crippen molar-refractivity contribution in [1.82, 2.24) is 14.8 Å². The van der Waals surface area contributed by atoms with Gasteiger partial charge in [-0.3, -0.25) is 4.79 Å². The van der Waals surface area contributed by atoms with E-state index in [-0.39, 0.29) is 11.6 Å². The average Bonchev–Trinajstić information content (AvgIpc) is 2.90. The van der Waals surface area contributed by atoms with E-state index in [9.17, 15) is 9.18 Å².